The first kappa shape index (κ1) is 13.7. The van der Waals surface area contributed by atoms with E-state index in [2.05, 4.69) is 25.1 Å². The van der Waals surface area contributed by atoms with Crippen LogP contribution >= 0.6 is 0 Å². The fourth-order valence-electron chi connectivity index (χ4n) is 2.60. The highest BCUT2D eigenvalue weighted by Gasteiger charge is 2.15. The van der Waals surface area contributed by atoms with Gasteiger partial charge < -0.3 is 9.88 Å². The zero-order valence-corrected chi connectivity index (χ0v) is 12.2. The first-order chi connectivity index (χ1) is 10.2. The Hall–Kier alpha value is -2.24. The van der Waals surface area contributed by atoms with Gasteiger partial charge in [0, 0.05) is 18.7 Å². The van der Waals surface area contributed by atoms with Crippen molar-refractivity contribution in [2.75, 3.05) is 0 Å². The summed E-state index contributed by atoms with van der Waals surface area (Å²) < 4.78 is 2.14. The second-order valence-corrected chi connectivity index (χ2v) is 5.34. The number of nitrogens with zero attached hydrogens (tertiary/aromatic N) is 4. The van der Waals surface area contributed by atoms with Crippen LogP contribution in [0.5, 0.6) is 0 Å². The molecule has 6 nitrogen and oxygen atoms in total. The molecule has 110 valence electrons. The van der Waals surface area contributed by atoms with Crippen LogP contribution in [0.2, 0.25) is 0 Å². The highest BCUT2D eigenvalue weighted by atomic mass is 16.1. The summed E-state index contributed by atoms with van der Waals surface area (Å²) in [5.74, 6) is 1.68. The van der Waals surface area contributed by atoms with Gasteiger partial charge in [-0.25, -0.2) is 4.98 Å². The molecule has 0 bridgehead atoms. The predicted octanol–water partition coefficient (Wildman–Crippen LogP) is 1.64. The van der Waals surface area contributed by atoms with Gasteiger partial charge in [-0.15, -0.1) is 10.2 Å². The molecule has 0 atom stereocenters. The molecule has 0 aliphatic carbocycles. The number of carbonyl (C=O) groups excluding carboxylic acids is 1. The lowest BCUT2D eigenvalue weighted by molar-refractivity contribution is 0.0944. The summed E-state index contributed by atoms with van der Waals surface area (Å²) in [5.41, 5.74) is 1.27. The standard InChI is InChI=1S/C15H19N5O/c1-11-6-5-7-12(17-11)15(21)16-10-14-19-18-13-8-3-2-4-9-20(13)14/h5-7H,2-4,8-10H2,1H3,(H,16,21). The number of hydrogen-bond donors (Lipinski definition) is 1. The molecule has 0 aromatic carbocycles. The van der Waals surface area contributed by atoms with Crippen molar-refractivity contribution in [2.45, 2.75) is 45.7 Å². The van der Waals surface area contributed by atoms with Crippen LogP contribution < -0.4 is 5.32 Å². The summed E-state index contributed by atoms with van der Waals surface area (Å²) in [7, 11) is 0. The second-order valence-electron chi connectivity index (χ2n) is 5.34. The number of rotatable bonds is 3. The Labute approximate surface area is 123 Å². The smallest absolute Gasteiger partial charge is 0.270 e. The van der Waals surface area contributed by atoms with Crippen LogP contribution in [-0.4, -0.2) is 25.7 Å². The average molecular weight is 285 g/mol. The molecule has 2 aromatic heterocycles. The fraction of sp³-hybridized carbons (Fsp3) is 0.467. The van der Waals surface area contributed by atoms with Gasteiger partial charge in [0.15, 0.2) is 5.82 Å². The van der Waals surface area contributed by atoms with Gasteiger partial charge in [0.1, 0.15) is 11.5 Å². The Morgan fingerprint density at radius 3 is 3.05 bits per heavy atom. The summed E-state index contributed by atoms with van der Waals surface area (Å²) in [4.78, 5) is 16.3. The van der Waals surface area contributed by atoms with E-state index in [1.807, 2.05) is 19.1 Å². The Morgan fingerprint density at radius 2 is 2.19 bits per heavy atom. The van der Waals surface area contributed by atoms with Crippen LogP contribution in [0.4, 0.5) is 0 Å². The van der Waals surface area contributed by atoms with Gasteiger partial charge in [-0.3, -0.25) is 4.79 Å². The highest BCUT2D eigenvalue weighted by Crippen LogP contribution is 2.14. The third-order valence-electron chi connectivity index (χ3n) is 3.71. The summed E-state index contributed by atoms with van der Waals surface area (Å²) in [6, 6.07) is 5.42. The molecule has 3 heterocycles. The van der Waals surface area contributed by atoms with E-state index in [0.29, 0.717) is 12.2 Å². The van der Waals surface area contributed by atoms with E-state index in [1.165, 1.54) is 6.42 Å². The molecule has 0 spiro atoms. The van der Waals surface area contributed by atoms with E-state index in [-0.39, 0.29) is 5.91 Å². The first-order valence-electron chi connectivity index (χ1n) is 7.37. The Kier molecular flexibility index (Phi) is 3.94. The molecule has 1 N–H and O–H groups in total. The van der Waals surface area contributed by atoms with E-state index in [0.717, 1.165) is 43.1 Å². The summed E-state index contributed by atoms with van der Waals surface area (Å²) in [6.07, 6.45) is 4.51. The number of carbonyl (C=O) groups is 1. The third-order valence-corrected chi connectivity index (χ3v) is 3.71. The third kappa shape index (κ3) is 3.09. The van der Waals surface area contributed by atoms with E-state index in [1.54, 1.807) is 6.07 Å². The number of fused-ring (bicyclic) bond motifs is 1. The molecule has 0 saturated heterocycles. The minimum Gasteiger partial charge on any atom is -0.343 e. The number of pyridine rings is 1. The zero-order chi connectivity index (χ0) is 14.7. The maximum atomic E-state index is 12.1. The lowest BCUT2D eigenvalue weighted by atomic mass is 10.2. The van der Waals surface area contributed by atoms with Crippen molar-refractivity contribution < 1.29 is 4.79 Å². The Bertz CT molecular complexity index is 649. The molecule has 0 unspecified atom stereocenters. The van der Waals surface area contributed by atoms with Crippen LogP contribution in [0.15, 0.2) is 18.2 Å². The van der Waals surface area contributed by atoms with Crippen LogP contribution in [0, 0.1) is 6.92 Å². The van der Waals surface area contributed by atoms with E-state index in [4.69, 9.17) is 0 Å². The highest BCUT2D eigenvalue weighted by molar-refractivity contribution is 5.92. The summed E-state index contributed by atoms with van der Waals surface area (Å²) in [5, 5.41) is 11.3. The van der Waals surface area contributed by atoms with Crippen LogP contribution in [-0.2, 0) is 19.5 Å². The zero-order valence-electron chi connectivity index (χ0n) is 12.2. The molecule has 21 heavy (non-hydrogen) atoms. The normalized spacial score (nSPS) is 14.3. The molecule has 0 saturated carbocycles. The largest absolute Gasteiger partial charge is 0.343 e. The van der Waals surface area contributed by atoms with E-state index >= 15 is 0 Å². The molecule has 1 aliphatic rings. The van der Waals surface area contributed by atoms with Crippen molar-refractivity contribution in [3.05, 3.63) is 41.2 Å². The van der Waals surface area contributed by atoms with Gasteiger partial charge in [0.2, 0.25) is 0 Å². The quantitative estimate of drug-likeness (QED) is 0.930. The molecule has 1 aliphatic heterocycles. The van der Waals surface area contributed by atoms with Crippen molar-refractivity contribution in [1.29, 1.82) is 0 Å². The molecular weight excluding hydrogens is 266 g/mol. The van der Waals surface area contributed by atoms with Gasteiger partial charge in [0.05, 0.1) is 6.54 Å². The molecule has 0 fully saturated rings. The lowest BCUT2D eigenvalue weighted by Crippen LogP contribution is -2.26. The number of hydrogen-bond acceptors (Lipinski definition) is 4. The molecule has 3 rings (SSSR count). The number of nitrogens with one attached hydrogen (secondary N) is 1. The van der Waals surface area contributed by atoms with Crippen LogP contribution in [0.25, 0.3) is 0 Å². The first-order valence-corrected chi connectivity index (χ1v) is 7.37. The summed E-state index contributed by atoms with van der Waals surface area (Å²) in [6.45, 7) is 3.20. The lowest BCUT2D eigenvalue weighted by Gasteiger charge is -2.08. The van der Waals surface area contributed by atoms with Crippen molar-refractivity contribution in [1.82, 2.24) is 25.1 Å². The fourth-order valence-corrected chi connectivity index (χ4v) is 2.60. The molecule has 1 amide bonds. The van der Waals surface area contributed by atoms with Gasteiger partial charge in [-0.1, -0.05) is 12.5 Å². The van der Waals surface area contributed by atoms with Gasteiger partial charge in [-0.2, -0.15) is 0 Å². The molecular formula is C15H19N5O. The van der Waals surface area contributed by atoms with Crippen molar-refractivity contribution >= 4 is 5.91 Å². The molecule has 2 aromatic rings. The Balaban J connectivity index is 1.68. The monoisotopic (exact) mass is 285 g/mol. The van der Waals surface area contributed by atoms with Crippen LogP contribution in [0.1, 0.15) is 47.1 Å². The van der Waals surface area contributed by atoms with Gasteiger partial charge >= 0.3 is 0 Å². The molecule has 6 heteroatoms. The topological polar surface area (TPSA) is 72.7 Å². The van der Waals surface area contributed by atoms with Crippen molar-refractivity contribution in [3.63, 3.8) is 0 Å². The maximum absolute atomic E-state index is 12.1. The maximum Gasteiger partial charge on any atom is 0.270 e. The molecule has 0 radical (unpaired) electrons. The van der Waals surface area contributed by atoms with Crippen molar-refractivity contribution in [2.24, 2.45) is 0 Å². The second kappa shape index (κ2) is 6.03. The average Bonchev–Trinajstić information content (AvgIpc) is 2.72. The number of aromatic nitrogens is 4. The van der Waals surface area contributed by atoms with E-state index < -0.39 is 0 Å². The summed E-state index contributed by atoms with van der Waals surface area (Å²) >= 11 is 0. The van der Waals surface area contributed by atoms with Crippen LogP contribution in [0.3, 0.4) is 0 Å². The van der Waals surface area contributed by atoms with Gasteiger partial charge in [-0.05, 0) is 31.9 Å². The van der Waals surface area contributed by atoms with E-state index in [9.17, 15) is 4.79 Å². The SMILES string of the molecule is Cc1cccc(C(=O)NCc2nnc3n2CCCCC3)n1. The minimum atomic E-state index is -0.176. The minimum absolute atomic E-state index is 0.176. The van der Waals surface area contributed by atoms with Gasteiger partial charge in [0.25, 0.3) is 5.91 Å². The Morgan fingerprint density at radius 1 is 1.29 bits per heavy atom. The number of aryl methyl sites for hydroxylation is 2. The number of amides is 1. The predicted molar refractivity (Wildman–Crippen MR) is 77.7 cm³/mol. The van der Waals surface area contributed by atoms with Crippen molar-refractivity contribution in [3.8, 4) is 0 Å².